The van der Waals surface area contributed by atoms with Crippen LogP contribution in [0, 0.1) is 5.41 Å². The predicted octanol–water partition coefficient (Wildman–Crippen LogP) is 3.54. The summed E-state index contributed by atoms with van der Waals surface area (Å²) in [6.07, 6.45) is 5.89. The fourth-order valence-corrected chi connectivity index (χ4v) is 4.08. The van der Waals surface area contributed by atoms with E-state index in [4.69, 9.17) is 0 Å². The molecule has 1 aromatic heterocycles. The molecule has 1 aliphatic carbocycles. The van der Waals surface area contributed by atoms with Gasteiger partial charge in [-0.2, -0.15) is 11.3 Å². The number of hydrogen-bond donors (Lipinski definition) is 1. The van der Waals surface area contributed by atoms with Gasteiger partial charge in [0.1, 0.15) is 6.17 Å². The number of carbonyl (C=O) groups excluding carboxylic acids is 1. The summed E-state index contributed by atoms with van der Waals surface area (Å²) in [6.45, 7) is 5.37. The van der Waals surface area contributed by atoms with Crippen LogP contribution in [0.5, 0.6) is 0 Å². The fraction of sp³-hybridized carbons (Fsp3) is 0.688. The lowest BCUT2D eigenvalue weighted by atomic mass is 9.70. The topological polar surface area (TPSA) is 32.3 Å². The zero-order valence-electron chi connectivity index (χ0n) is 12.4. The normalized spacial score (nSPS) is 28.7. The summed E-state index contributed by atoms with van der Waals surface area (Å²) < 4.78 is 0. The first-order chi connectivity index (χ1) is 9.63. The quantitative estimate of drug-likeness (QED) is 0.900. The van der Waals surface area contributed by atoms with Gasteiger partial charge in [0, 0.05) is 6.54 Å². The van der Waals surface area contributed by atoms with Gasteiger partial charge in [0.25, 0.3) is 0 Å². The van der Waals surface area contributed by atoms with Gasteiger partial charge in [-0.15, -0.1) is 0 Å². The van der Waals surface area contributed by atoms with Gasteiger partial charge in [0.2, 0.25) is 5.91 Å². The molecular weight excluding hydrogens is 268 g/mol. The average molecular weight is 292 g/mol. The number of nitrogens with zero attached hydrogens (tertiary/aromatic N) is 1. The van der Waals surface area contributed by atoms with Crippen LogP contribution in [0.25, 0.3) is 0 Å². The smallest absolute Gasteiger partial charge is 0.241 e. The SMILES string of the molecule is CCCC1NC(c2ccsc2)N(CC2(C)CCC2)C1=O. The second-order valence-corrected chi connectivity index (χ2v) is 7.38. The van der Waals surface area contributed by atoms with Crippen LogP contribution in [0.4, 0.5) is 0 Å². The van der Waals surface area contributed by atoms with E-state index in [1.165, 1.54) is 24.8 Å². The summed E-state index contributed by atoms with van der Waals surface area (Å²) in [4.78, 5) is 14.8. The highest BCUT2D eigenvalue weighted by molar-refractivity contribution is 7.07. The van der Waals surface area contributed by atoms with Crippen molar-refractivity contribution < 1.29 is 4.79 Å². The third kappa shape index (κ3) is 2.51. The van der Waals surface area contributed by atoms with Crippen molar-refractivity contribution in [2.75, 3.05) is 6.54 Å². The van der Waals surface area contributed by atoms with Crippen molar-refractivity contribution in [3.05, 3.63) is 22.4 Å². The number of hydrogen-bond acceptors (Lipinski definition) is 3. The molecule has 1 amide bonds. The molecule has 1 N–H and O–H groups in total. The Hall–Kier alpha value is -0.870. The molecular formula is C16H24N2OS. The molecule has 4 heteroatoms. The Kier molecular flexibility index (Phi) is 3.87. The lowest BCUT2D eigenvalue weighted by Gasteiger charge is -2.42. The third-order valence-corrected chi connectivity index (χ3v) is 5.50. The highest BCUT2D eigenvalue weighted by atomic mass is 32.1. The van der Waals surface area contributed by atoms with Gasteiger partial charge in [-0.1, -0.05) is 26.7 Å². The van der Waals surface area contributed by atoms with Gasteiger partial charge in [-0.3, -0.25) is 10.1 Å². The summed E-state index contributed by atoms with van der Waals surface area (Å²) >= 11 is 1.70. The highest BCUT2D eigenvalue weighted by Crippen LogP contribution is 2.43. The van der Waals surface area contributed by atoms with Crippen LogP contribution in [0.3, 0.4) is 0 Å². The van der Waals surface area contributed by atoms with Crippen LogP contribution < -0.4 is 5.32 Å². The predicted molar refractivity (Wildman–Crippen MR) is 82.6 cm³/mol. The van der Waals surface area contributed by atoms with Crippen LogP contribution in [0.2, 0.25) is 0 Å². The molecule has 2 heterocycles. The third-order valence-electron chi connectivity index (χ3n) is 4.80. The Labute approximate surface area is 125 Å². The van der Waals surface area contributed by atoms with Crippen molar-refractivity contribution in [1.29, 1.82) is 0 Å². The molecule has 110 valence electrons. The van der Waals surface area contributed by atoms with E-state index < -0.39 is 0 Å². The number of thiophene rings is 1. The largest absolute Gasteiger partial charge is 0.321 e. The minimum absolute atomic E-state index is 0.00794. The van der Waals surface area contributed by atoms with Crippen molar-refractivity contribution in [1.82, 2.24) is 10.2 Å². The Bertz CT molecular complexity index is 467. The number of rotatable bonds is 5. The summed E-state index contributed by atoms with van der Waals surface area (Å²) in [6, 6.07) is 2.15. The lowest BCUT2D eigenvalue weighted by Crippen LogP contribution is -2.43. The molecule has 3 nitrogen and oxygen atoms in total. The van der Waals surface area contributed by atoms with Crippen LogP contribution in [0.1, 0.15) is 57.7 Å². The van der Waals surface area contributed by atoms with Crippen molar-refractivity contribution in [3.8, 4) is 0 Å². The van der Waals surface area contributed by atoms with Gasteiger partial charge in [-0.25, -0.2) is 0 Å². The molecule has 1 aliphatic heterocycles. The molecule has 0 radical (unpaired) electrons. The molecule has 0 aromatic carbocycles. The van der Waals surface area contributed by atoms with Crippen LogP contribution >= 0.6 is 11.3 Å². The summed E-state index contributed by atoms with van der Waals surface area (Å²) in [5, 5.41) is 7.81. The minimum atomic E-state index is 0.00794. The Balaban J connectivity index is 1.80. The Morgan fingerprint density at radius 1 is 1.50 bits per heavy atom. The zero-order valence-corrected chi connectivity index (χ0v) is 13.2. The molecule has 0 bridgehead atoms. The van der Waals surface area contributed by atoms with Crippen LogP contribution in [-0.2, 0) is 4.79 Å². The van der Waals surface area contributed by atoms with E-state index in [0.29, 0.717) is 11.3 Å². The molecule has 2 unspecified atom stereocenters. The average Bonchev–Trinajstić information content (AvgIpc) is 3.00. The van der Waals surface area contributed by atoms with Crippen molar-refractivity contribution in [3.63, 3.8) is 0 Å². The number of amides is 1. The van der Waals surface area contributed by atoms with Crippen molar-refractivity contribution in [2.45, 2.75) is 58.2 Å². The van der Waals surface area contributed by atoms with Gasteiger partial charge in [0.05, 0.1) is 6.04 Å². The molecule has 20 heavy (non-hydrogen) atoms. The minimum Gasteiger partial charge on any atom is -0.321 e. The maximum atomic E-state index is 12.7. The maximum absolute atomic E-state index is 12.7. The van der Waals surface area contributed by atoms with Crippen molar-refractivity contribution in [2.24, 2.45) is 5.41 Å². The molecule has 2 fully saturated rings. The fourth-order valence-electron chi connectivity index (χ4n) is 3.40. The Morgan fingerprint density at radius 3 is 2.85 bits per heavy atom. The van der Waals surface area contributed by atoms with Crippen molar-refractivity contribution >= 4 is 17.2 Å². The highest BCUT2D eigenvalue weighted by Gasteiger charge is 2.44. The van der Waals surface area contributed by atoms with Crippen LogP contribution in [0.15, 0.2) is 16.8 Å². The van der Waals surface area contributed by atoms with Gasteiger partial charge in [-0.05, 0) is 47.1 Å². The molecule has 1 aromatic rings. The van der Waals surface area contributed by atoms with Crippen LogP contribution in [-0.4, -0.2) is 23.4 Å². The van der Waals surface area contributed by atoms with E-state index in [1.807, 2.05) is 0 Å². The number of carbonyl (C=O) groups is 1. The van der Waals surface area contributed by atoms with E-state index in [0.717, 1.165) is 19.4 Å². The van der Waals surface area contributed by atoms with Gasteiger partial charge in [0.15, 0.2) is 0 Å². The zero-order chi connectivity index (χ0) is 14.2. The monoisotopic (exact) mass is 292 g/mol. The van der Waals surface area contributed by atoms with E-state index in [9.17, 15) is 4.79 Å². The summed E-state index contributed by atoms with van der Waals surface area (Å²) in [5.74, 6) is 0.302. The second-order valence-electron chi connectivity index (χ2n) is 6.60. The maximum Gasteiger partial charge on any atom is 0.241 e. The molecule has 2 aliphatic rings. The lowest BCUT2D eigenvalue weighted by molar-refractivity contribution is -0.132. The van der Waals surface area contributed by atoms with E-state index >= 15 is 0 Å². The van der Waals surface area contributed by atoms with E-state index in [2.05, 4.69) is 40.9 Å². The molecule has 1 saturated heterocycles. The number of nitrogens with one attached hydrogen (secondary N) is 1. The first kappa shape index (κ1) is 14.1. The molecule has 2 atom stereocenters. The van der Waals surface area contributed by atoms with E-state index in [1.54, 1.807) is 11.3 Å². The Morgan fingerprint density at radius 2 is 2.30 bits per heavy atom. The van der Waals surface area contributed by atoms with Gasteiger partial charge < -0.3 is 4.90 Å². The van der Waals surface area contributed by atoms with Gasteiger partial charge >= 0.3 is 0 Å². The molecule has 0 spiro atoms. The molecule has 3 rings (SSSR count). The van der Waals surface area contributed by atoms with E-state index in [-0.39, 0.29) is 12.2 Å². The first-order valence-corrected chi connectivity index (χ1v) is 8.66. The second kappa shape index (κ2) is 5.49. The first-order valence-electron chi connectivity index (χ1n) is 7.71. The summed E-state index contributed by atoms with van der Waals surface area (Å²) in [7, 11) is 0. The standard InChI is InChI=1S/C16H24N2OS/c1-3-5-13-15(19)18(11-16(2)7-4-8-16)14(17-13)12-6-9-20-10-12/h6,9-10,13-14,17H,3-5,7-8,11H2,1-2H3. The summed E-state index contributed by atoms with van der Waals surface area (Å²) in [5.41, 5.74) is 1.58. The molecule has 1 saturated carbocycles.